The molecule has 0 spiro atoms. The maximum Gasteiger partial charge on any atom is 0.282 e. The Labute approximate surface area is 236 Å². The van der Waals surface area contributed by atoms with E-state index in [1.165, 1.54) is 4.68 Å². The number of fused-ring (bicyclic) bond motifs is 2. The monoisotopic (exact) mass is 631 g/mol. The molecule has 0 aliphatic heterocycles. The van der Waals surface area contributed by atoms with Crippen LogP contribution in [0.15, 0.2) is 111 Å². The Balaban J connectivity index is 1.35. The summed E-state index contributed by atoms with van der Waals surface area (Å²) in [5.41, 5.74) is 2.72. The van der Waals surface area contributed by atoms with E-state index in [9.17, 15) is 4.79 Å². The smallest absolute Gasteiger partial charge is 0.282 e. The molecule has 0 bridgehead atoms. The van der Waals surface area contributed by atoms with Gasteiger partial charge in [0.05, 0.1) is 20.7 Å². The molecule has 0 saturated carbocycles. The summed E-state index contributed by atoms with van der Waals surface area (Å²) >= 11 is 8.46. The van der Waals surface area contributed by atoms with E-state index in [-0.39, 0.29) is 5.56 Å². The van der Waals surface area contributed by atoms with E-state index in [0.717, 1.165) is 25.8 Å². The van der Waals surface area contributed by atoms with Crippen molar-refractivity contribution in [1.82, 2.24) is 9.66 Å². The standard InChI is InChI=1S/C30H19ClIN3O3/c31-23-10-4-1-8-21(23)18-37-27-14-13-19(15-24(27)32)17-33-35-29(28-16-20-7-2-6-12-26(20)38-28)34-25-11-5-3-9-22(25)30(35)36/h1-17H,18H2. The number of para-hydroxylation sites is 2. The molecule has 8 heteroatoms. The highest BCUT2D eigenvalue weighted by Gasteiger charge is 2.16. The molecule has 0 atom stereocenters. The molecule has 0 aliphatic carbocycles. The van der Waals surface area contributed by atoms with E-state index in [0.29, 0.717) is 39.7 Å². The Morgan fingerprint density at radius 3 is 2.61 bits per heavy atom. The predicted molar refractivity (Wildman–Crippen MR) is 159 cm³/mol. The molecule has 0 unspecified atom stereocenters. The molecule has 0 fully saturated rings. The van der Waals surface area contributed by atoms with Crippen molar-refractivity contribution in [3.05, 3.63) is 127 Å². The van der Waals surface area contributed by atoms with Gasteiger partial charge in [0.1, 0.15) is 17.9 Å². The molecule has 0 radical (unpaired) electrons. The molecular formula is C30H19ClIN3O3. The maximum atomic E-state index is 13.5. The molecule has 2 heterocycles. The fourth-order valence-electron chi connectivity index (χ4n) is 4.09. The number of benzene rings is 4. The van der Waals surface area contributed by atoms with Gasteiger partial charge < -0.3 is 9.15 Å². The maximum absolute atomic E-state index is 13.5. The normalized spacial score (nSPS) is 11.5. The van der Waals surface area contributed by atoms with Crippen molar-refractivity contribution >= 4 is 62.3 Å². The summed E-state index contributed by atoms with van der Waals surface area (Å²) in [6, 6.07) is 30.0. The van der Waals surface area contributed by atoms with Crippen molar-refractivity contribution in [2.24, 2.45) is 5.10 Å². The van der Waals surface area contributed by atoms with Gasteiger partial charge in [-0.1, -0.05) is 60.1 Å². The number of halogens is 2. The van der Waals surface area contributed by atoms with E-state index < -0.39 is 0 Å². The lowest BCUT2D eigenvalue weighted by atomic mass is 10.2. The first-order valence-electron chi connectivity index (χ1n) is 11.8. The summed E-state index contributed by atoms with van der Waals surface area (Å²) < 4.78 is 14.2. The van der Waals surface area contributed by atoms with E-state index in [1.807, 2.05) is 84.9 Å². The van der Waals surface area contributed by atoms with Gasteiger partial charge in [-0.2, -0.15) is 9.78 Å². The van der Waals surface area contributed by atoms with Crippen LogP contribution in [0.1, 0.15) is 11.1 Å². The van der Waals surface area contributed by atoms with Crippen LogP contribution in [-0.4, -0.2) is 15.9 Å². The van der Waals surface area contributed by atoms with Crippen LogP contribution in [-0.2, 0) is 6.61 Å². The second-order valence-corrected chi connectivity index (χ2v) is 10.1. The van der Waals surface area contributed by atoms with Crippen LogP contribution in [0.5, 0.6) is 5.75 Å². The first-order chi connectivity index (χ1) is 18.6. The van der Waals surface area contributed by atoms with E-state index in [2.05, 4.69) is 27.7 Å². The highest BCUT2D eigenvalue weighted by molar-refractivity contribution is 14.1. The number of nitrogens with zero attached hydrogens (tertiary/aromatic N) is 3. The van der Waals surface area contributed by atoms with E-state index in [1.54, 1.807) is 18.3 Å². The zero-order chi connectivity index (χ0) is 26.1. The van der Waals surface area contributed by atoms with Gasteiger partial charge in [0.25, 0.3) is 5.56 Å². The number of furan rings is 1. The second kappa shape index (κ2) is 10.4. The van der Waals surface area contributed by atoms with E-state index in [4.69, 9.17) is 25.7 Å². The van der Waals surface area contributed by atoms with Gasteiger partial charge in [0.15, 0.2) is 5.76 Å². The fourth-order valence-corrected chi connectivity index (χ4v) is 4.98. The molecule has 4 aromatic carbocycles. The molecule has 0 amide bonds. The third-order valence-electron chi connectivity index (χ3n) is 6.02. The fraction of sp³-hybridized carbons (Fsp3) is 0.0333. The SMILES string of the molecule is O=c1c2ccccc2nc(-c2cc3ccccc3o2)n1N=Cc1ccc(OCc2ccccc2Cl)c(I)c1. The zero-order valence-corrected chi connectivity index (χ0v) is 22.8. The highest BCUT2D eigenvalue weighted by atomic mass is 127. The number of hydrogen-bond donors (Lipinski definition) is 0. The lowest BCUT2D eigenvalue weighted by Crippen LogP contribution is -2.20. The molecule has 0 N–H and O–H groups in total. The second-order valence-electron chi connectivity index (χ2n) is 8.53. The quantitative estimate of drug-likeness (QED) is 0.141. The number of ether oxygens (including phenoxy) is 1. The third kappa shape index (κ3) is 4.82. The summed E-state index contributed by atoms with van der Waals surface area (Å²) in [5.74, 6) is 1.52. The van der Waals surface area contributed by atoms with Crippen LogP contribution in [0.25, 0.3) is 33.5 Å². The predicted octanol–water partition coefficient (Wildman–Crippen LogP) is 7.53. The number of aromatic nitrogens is 2. The molecule has 38 heavy (non-hydrogen) atoms. The first-order valence-corrected chi connectivity index (χ1v) is 13.2. The summed E-state index contributed by atoms with van der Waals surface area (Å²) in [6.07, 6.45) is 1.63. The Bertz CT molecular complexity index is 1860. The van der Waals surface area contributed by atoms with Crippen LogP contribution in [0.3, 0.4) is 0 Å². The Hall–Kier alpha value is -3.95. The number of rotatable bonds is 6. The lowest BCUT2D eigenvalue weighted by molar-refractivity contribution is 0.304. The molecule has 2 aromatic heterocycles. The van der Waals surface area contributed by atoms with Gasteiger partial charge in [-0.05, 0) is 76.7 Å². The summed E-state index contributed by atoms with van der Waals surface area (Å²) in [6.45, 7) is 0.363. The topological polar surface area (TPSA) is 69.6 Å². The van der Waals surface area contributed by atoms with Crippen LogP contribution >= 0.6 is 34.2 Å². The average molecular weight is 632 g/mol. The summed E-state index contributed by atoms with van der Waals surface area (Å²) in [4.78, 5) is 18.2. The van der Waals surface area contributed by atoms with Gasteiger partial charge in [0.2, 0.25) is 5.82 Å². The minimum Gasteiger partial charge on any atom is -0.488 e. The lowest BCUT2D eigenvalue weighted by Gasteiger charge is -2.10. The molecule has 0 aliphatic rings. The van der Waals surface area contributed by atoms with Crippen molar-refractivity contribution in [1.29, 1.82) is 0 Å². The van der Waals surface area contributed by atoms with Crippen molar-refractivity contribution < 1.29 is 9.15 Å². The molecule has 6 rings (SSSR count). The third-order valence-corrected chi connectivity index (χ3v) is 7.23. The number of hydrogen-bond acceptors (Lipinski definition) is 5. The highest BCUT2D eigenvalue weighted by Crippen LogP contribution is 2.28. The molecular weight excluding hydrogens is 613 g/mol. The zero-order valence-electron chi connectivity index (χ0n) is 19.8. The average Bonchev–Trinajstić information content (AvgIpc) is 3.37. The van der Waals surface area contributed by atoms with Crippen molar-refractivity contribution in [2.75, 3.05) is 0 Å². The largest absolute Gasteiger partial charge is 0.488 e. The van der Waals surface area contributed by atoms with Gasteiger partial charge >= 0.3 is 0 Å². The minimum absolute atomic E-state index is 0.281. The van der Waals surface area contributed by atoms with Crippen molar-refractivity contribution in [3.63, 3.8) is 0 Å². The van der Waals surface area contributed by atoms with Crippen LogP contribution in [0, 0.1) is 3.57 Å². The molecule has 186 valence electrons. The Kier molecular flexibility index (Phi) is 6.70. The summed E-state index contributed by atoms with van der Waals surface area (Å²) in [7, 11) is 0. The van der Waals surface area contributed by atoms with Crippen LogP contribution in [0.2, 0.25) is 5.02 Å². The van der Waals surface area contributed by atoms with Crippen molar-refractivity contribution in [2.45, 2.75) is 6.61 Å². The van der Waals surface area contributed by atoms with Gasteiger partial charge in [0, 0.05) is 16.0 Å². The van der Waals surface area contributed by atoms with Crippen LogP contribution in [0.4, 0.5) is 0 Å². The first kappa shape index (κ1) is 24.4. The van der Waals surface area contributed by atoms with Gasteiger partial charge in [-0.25, -0.2) is 4.98 Å². The Morgan fingerprint density at radius 1 is 0.974 bits per heavy atom. The van der Waals surface area contributed by atoms with E-state index >= 15 is 0 Å². The Morgan fingerprint density at radius 2 is 1.76 bits per heavy atom. The molecule has 6 aromatic rings. The minimum atomic E-state index is -0.281. The van der Waals surface area contributed by atoms with Gasteiger partial charge in [-0.15, -0.1) is 0 Å². The molecule has 0 saturated heterocycles. The summed E-state index contributed by atoms with van der Waals surface area (Å²) in [5, 5.41) is 6.60. The van der Waals surface area contributed by atoms with Gasteiger partial charge in [-0.3, -0.25) is 4.79 Å². The van der Waals surface area contributed by atoms with Crippen LogP contribution < -0.4 is 10.3 Å². The molecule has 6 nitrogen and oxygen atoms in total. The van der Waals surface area contributed by atoms with Crippen molar-refractivity contribution in [3.8, 4) is 17.3 Å².